The molecule has 0 aliphatic heterocycles. The Hall–Kier alpha value is -2.86. The number of amides is 1. The van der Waals surface area contributed by atoms with Gasteiger partial charge in [0.25, 0.3) is 0 Å². The monoisotopic (exact) mass is 395 g/mol. The summed E-state index contributed by atoms with van der Waals surface area (Å²) < 4.78 is 13.0. The van der Waals surface area contributed by atoms with Crippen LogP contribution in [0.15, 0.2) is 42.5 Å². The van der Waals surface area contributed by atoms with Crippen LogP contribution in [0.25, 0.3) is 11.0 Å². The van der Waals surface area contributed by atoms with Gasteiger partial charge in [-0.25, -0.2) is 4.98 Å². The Morgan fingerprint density at radius 2 is 1.97 bits per heavy atom. The summed E-state index contributed by atoms with van der Waals surface area (Å²) in [6.45, 7) is 6.17. The van der Waals surface area contributed by atoms with Gasteiger partial charge in [-0.3, -0.25) is 4.79 Å². The average molecular weight is 396 g/mol. The van der Waals surface area contributed by atoms with Gasteiger partial charge in [0.2, 0.25) is 5.91 Å². The van der Waals surface area contributed by atoms with Crippen molar-refractivity contribution in [3.8, 4) is 5.75 Å². The van der Waals surface area contributed by atoms with Gasteiger partial charge in [0, 0.05) is 20.1 Å². The number of carbonyl (C=O) groups is 1. The molecule has 2 aromatic carbocycles. The van der Waals surface area contributed by atoms with Gasteiger partial charge in [-0.05, 0) is 55.7 Å². The molecule has 1 amide bonds. The highest BCUT2D eigenvalue weighted by Gasteiger charge is 2.11. The Balaban J connectivity index is 1.63. The number of aryl methyl sites for hydroxylation is 3. The lowest BCUT2D eigenvalue weighted by atomic mass is 10.1. The summed E-state index contributed by atoms with van der Waals surface area (Å²) >= 11 is 0. The molecule has 0 spiro atoms. The number of para-hydroxylation sites is 2. The van der Waals surface area contributed by atoms with Gasteiger partial charge >= 0.3 is 0 Å². The molecular formula is C23H29N3O3. The minimum absolute atomic E-state index is 0.0916. The highest BCUT2D eigenvalue weighted by atomic mass is 16.5. The lowest BCUT2D eigenvalue weighted by Crippen LogP contribution is -2.28. The number of methoxy groups -OCH3 is 1. The van der Waals surface area contributed by atoms with E-state index < -0.39 is 0 Å². The van der Waals surface area contributed by atoms with Gasteiger partial charge in [0.15, 0.2) is 0 Å². The van der Waals surface area contributed by atoms with Crippen LogP contribution in [0.2, 0.25) is 0 Å². The van der Waals surface area contributed by atoms with E-state index in [0.717, 1.165) is 42.0 Å². The van der Waals surface area contributed by atoms with Gasteiger partial charge in [0.05, 0.1) is 17.6 Å². The van der Waals surface area contributed by atoms with Gasteiger partial charge < -0.3 is 19.4 Å². The molecule has 154 valence electrons. The summed E-state index contributed by atoms with van der Waals surface area (Å²) in [5.74, 6) is 1.80. The molecule has 0 unspecified atom stereocenters. The van der Waals surface area contributed by atoms with Crippen molar-refractivity contribution in [3.05, 3.63) is 59.4 Å². The standard InChI is InChI=1S/C23H29N3O3/c1-17-10-11-19(15-18(17)2)29-14-13-26-21-8-5-4-7-20(21)25-22(26)9-6-12-24-23(27)16-28-3/h4-5,7-8,10-11,15H,6,9,12-14,16H2,1-3H3,(H,24,27). The first-order valence-electron chi connectivity index (χ1n) is 9.98. The number of fused-ring (bicyclic) bond motifs is 1. The Morgan fingerprint density at radius 3 is 2.76 bits per heavy atom. The summed E-state index contributed by atoms with van der Waals surface area (Å²) in [5.41, 5.74) is 4.58. The number of imidazole rings is 1. The molecule has 1 heterocycles. The highest BCUT2D eigenvalue weighted by Crippen LogP contribution is 2.19. The maximum absolute atomic E-state index is 11.5. The van der Waals surface area contributed by atoms with Crippen molar-refractivity contribution in [2.45, 2.75) is 33.2 Å². The average Bonchev–Trinajstić information content (AvgIpc) is 3.06. The first-order valence-corrected chi connectivity index (χ1v) is 9.98. The zero-order chi connectivity index (χ0) is 20.6. The van der Waals surface area contributed by atoms with Crippen molar-refractivity contribution in [1.82, 2.24) is 14.9 Å². The van der Waals surface area contributed by atoms with E-state index in [2.05, 4.69) is 41.9 Å². The molecule has 6 nitrogen and oxygen atoms in total. The summed E-state index contributed by atoms with van der Waals surface area (Å²) in [6.07, 6.45) is 1.60. The lowest BCUT2D eigenvalue weighted by molar-refractivity contribution is -0.124. The van der Waals surface area contributed by atoms with Crippen molar-refractivity contribution >= 4 is 16.9 Å². The van der Waals surface area contributed by atoms with Crippen molar-refractivity contribution in [3.63, 3.8) is 0 Å². The first kappa shape index (κ1) is 20.9. The summed E-state index contributed by atoms with van der Waals surface area (Å²) in [7, 11) is 1.52. The number of benzene rings is 2. The van der Waals surface area contributed by atoms with Crippen LogP contribution >= 0.6 is 0 Å². The normalized spacial score (nSPS) is 11.0. The van der Waals surface area contributed by atoms with Crippen LogP contribution in [0.5, 0.6) is 5.75 Å². The largest absolute Gasteiger partial charge is 0.492 e. The van der Waals surface area contributed by atoms with E-state index in [1.807, 2.05) is 24.3 Å². The molecule has 29 heavy (non-hydrogen) atoms. The van der Waals surface area contributed by atoms with Crippen LogP contribution in [-0.2, 0) is 22.5 Å². The molecule has 0 saturated carbocycles. The van der Waals surface area contributed by atoms with Gasteiger partial charge in [-0.1, -0.05) is 18.2 Å². The van der Waals surface area contributed by atoms with Crippen LogP contribution in [0, 0.1) is 13.8 Å². The predicted octanol–water partition coefficient (Wildman–Crippen LogP) is 3.43. The molecular weight excluding hydrogens is 366 g/mol. The zero-order valence-corrected chi connectivity index (χ0v) is 17.4. The van der Waals surface area contributed by atoms with E-state index in [1.54, 1.807) is 0 Å². The zero-order valence-electron chi connectivity index (χ0n) is 17.4. The van der Waals surface area contributed by atoms with E-state index in [-0.39, 0.29) is 12.5 Å². The predicted molar refractivity (Wildman–Crippen MR) is 114 cm³/mol. The fraction of sp³-hybridized carbons (Fsp3) is 0.391. The molecule has 3 aromatic rings. The number of ether oxygens (including phenoxy) is 2. The van der Waals surface area contributed by atoms with Crippen LogP contribution in [0.4, 0.5) is 0 Å². The Morgan fingerprint density at radius 1 is 1.14 bits per heavy atom. The van der Waals surface area contributed by atoms with Crippen LogP contribution in [0.1, 0.15) is 23.4 Å². The fourth-order valence-corrected chi connectivity index (χ4v) is 3.28. The number of hydrogen-bond acceptors (Lipinski definition) is 4. The third-order valence-corrected chi connectivity index (χ3v) is 4.97. The second-order valence-electron chi connectivity index (χ2n) is 7.15. The summed E-state index contributed by atoms with van der Waals surface area (Å²) in [4.78, 5) is 16.3. The van der Waals surface area contributed by atoms with Crippen LogP contribution in [0.3, 0.4) is 0 Å². The van der Waals surface area contributed by atoms with Gasteiger partial charge in [-0.2, -0.15) is 0 Å². The quantitative estimate of drug-likeness (QED) is 0.534. The smallest absolute Gasteiger partial charge is 0.245 e. The van der Waals surface area contributed by atoms with Crippen molar-refractivity contribution in [1.29, 1.82) is 0 Å². The molecule has 1 N–H and O–H groups in total. The topological polar surface area (TPSA) is 65.4 Å². The molecule has 0 aliphatic carbocycles. The van der Waals surface area contributed by atoms with Gasteiger partial charge in [-0.15, -0.1) is 0 Å². The Kier molecular flexibility index (Phi) is 7.25. The van der Waals surface area contributed by atoms with E-state index in [9.17, 15) is 4.79 Å². The van der Waals surface area contributed by atoms with Crippen molar-refractivity contribution < 1.29 is 14.3 Å². The molecule has 0 bridgehead atoms. The molecule has 3 rings (SSSR count). The molecule has 6 heteroatoms. The SMILES string of the molecule is COCC(=O)NCCCc1nc2ccccc2n1CCOc1ccc(C)c(C)c1. The van der Waals surface area contributed by atoms with Crippen LogP contribution < -0.4 is 10.1 Å². The van der Waals surface area contributed by atoms with E-state index >= 15 is 0 Å². The maximum atomic E-state index is 11.5. The van der Waals surface area contributed by atoms with Crippen molar-refractivity contribution in [2.75, 3.05) is 26.9 Å². The number of aromatic nitrogens is 2. The highest BCUT2D eigenvalue weighted by molar-refractivity contribution is 5.77. The molecule has 1 aromatic heterocycles. The third kappa shape index (κ3) is 5.57. The van der Waals surface area contributed by atoms with E-state index in [0.29, 0.717) is 13.2 Å². The second-order valence-corrected chi connectivity index (χ2v) is 7.15. The second kappa shape index (κ2) is 10.1. The summed E-state index contributed by atoms with van der Waals surface area (Å²) in [6, 6.07) is 14.3. The molecule has 0 saturated heterocycles. The Bertz CT molecular complexity index is 965. The number of rotatable bonds is 10. The lowest BCUT2D eigenvalue weighted by Gasteiger charge is -2.12. The van der Waals surface area contributed by atoms with Gasteiger partial charge in [0.1, 0.15) is 24.8 Å². The number of hydrogen-bond donors (Lipinski definition) is 1. The maximum Gasteiger partial charge on any atom is 0.245 e. The minimum atomic E-state index is -0.0946. The number of carbonyl (C=O) groups excluding carboxylic acids is 1. The molecule has 0 atom stereocenters. The Labute approximate surface area is 171 Å². The first-order chi connectivity index (χ1) is 14.1. The summed E-state index contributed by atoms with van der Waals surface area (Å²) in [5, 5.41) is 2.86. The molecule has 0 fully saturated rings. The van der Waals surface area contributed by atoms with Crippen molar-refractivity contribution in [2.24, 2.45) is 0 Å². The van der Waals surface area contributed by atoms with E-state index in [4.69, 9.17) is 14.5 Å². The van der Waals surface area contributed by atoms with E-state index in [1.165, 1.54) is 18.2 Å². The molecule has 0 aliphatic rings. The number of nitrogens with one attached hydrogen (secondary N) is 1. The molecule has 0 radical (unpaired) electrons. The third-order valence-electron chi connectivity index (χ3n) is 4.97. The fourth-order valence-electron chi connectivity index (χ4n) is 3.28. The number of nitrogens with zero attached hydrogens (tertiary/aromatic N) is 2. The minimum Gasteiger partial charge on any atom is -0.492 e. The van der Waals surface area contributed by atoms with Crippen LogP contribution in [-0.4, -0.2) is 42.3 Å².